The lowest BCUT2D eigenvalue weighted by molar-refractivity contribution is 0.0766. The topological polar surface area (TPSA) is 73.1 Å². The molecule has 7 heteroatoms. The third-order valence-corrected chi connectivity index (χ3v) is 5.57. The van der Waals surface area contributed by atoms with E-state index in [-0.39, 0.29) is 18.4 Å². The average Bonchev–Trinajstić information content (AvgIpc) is 3.22. The van der Waals surface area contributed by atoms with Crippen LogP contribution in [-0.4, -0.2) is 90.3 Å². The van der Waals surface area contributed by atoms with Gasteiger partial charge in [-0.25, -0.2) is 0 Å². The number of amides is 1. The molecule has 3 heterocycles. The van der Waals surface area contributed by atoms with Crippen LogP contribution in [0.1, 0.15) is 30.1 Å². The van der Waals surface area contributed by atoms with Gasteiger partial charge in [-0.05, 0) is 18.9 Å². The summed E-state index contributed by atoms with van der Waals surface area (Å²) in [6.45, 7) is 10.8. The zero-order chi connectivity index (χ0) is 18.7. The van der Waals surface area contributed by atoms with Crippen molar-refractivity contribution in [3.63, 3.8) is 0 Å². The molecule has 0 radical (unpaired) electrons. The Kier molecular flexibility index (Phi) is 6.32. The van der Waals surface area contributed by atoms with Crippen molar-refractivity contribution in [1.82, 2.24) is 19.9 Å². The largest absolute Gasteiger partial charge is 0.396 e. The Labute approximate surface area is 155 Å². The zero-order valence-electron chi connectivity index (χ0n) is 16.2. The fourth-order valence-corrected chi connectivity index (χ4v) is 3.95. The van der Waals surface area contributed by atoms with Crippen molar-refractivity contribution in [2.24, 2.45) is 17.8 Å². The minimum Gasteiger partial charge on any atom is -0.396 e. The number of piperazine rings is 1. The Morgan fingerprint density at radius 1 is 1.27 bits per heavy atom. The van der Waals surface area contributed by atoms with Crippen molar-refractivity contribution in [2.45, 2.75) is 20.3 Å². The standard InChI is InChI=1S/C19H32N4O3/c1-14(2)8-17-9-18(20-26-17)19(25)23-11-15(16(12-23)13-24)10-22-6-4-21(3)5-7-22/h9,14-16,24H,4-8,10-13H2,1-3H3/t15-,16-/m1/s1. The van der Waals surface area contributed by atoms with Crippen LogP contribution in [0.2, 0.25) is 0 Å². The molecule has 0 unspecified atom stereocenters. The van der Waals surface area contributed by atoms with Crippen molar-refractivity contribution in [3.05, 3.63) is 17.5 Å². The number of aliphatic hydroxyl groups is 1. The molecule has 0 spiro atoms. The molecule has 26 heavy (non-hydrogen) atoms. The smallest absolute Gasteiger partial charge is 0.276 e. The molecule has 146 valence electrons. The van der Waals surface area contributed by atoms with Crippen molar-refractivity contribution in [3.8, 4) is 0 Å². The van der Waals surface area contributed by atoms with E-state index in [1.54, 1.807) is 6.07 Å². The van der Waals surface area contributed by atoms with Crippen LogP contribution >= 0.6 is 0 Å². The maximum Gasteiger partial charge on any atom is 0.276 e. The molecule has 2 atom stereocenters. The minimum absolute atomic E-state index is 0.0805. The summed E-state index contributed by atoms with van der Waals surface area (Å²) in [5, 5.41) is 13.8. The quantitative estimate of drug-likeness (QED) is 0.805. The fraction of sp³-hybridized carbons (Fsp3) is 0.789. The fourth-order valence-electron chi connectivity index (χ4n) is 3.95. The second-order valence-electron chi connectivity index (χ2n) is 8.29. The number of aliphatic hydroxyl groups excluding tert-OH is 1. The Morgan fingerprint density at radius 3 is 2.62 bits per heavy atom. The summed E-state index contributed by atoms with van der Waals surface area (Å²) in [4.78, 5) is 19.4. The van der Waals surface area contributed by atoms with Crippen LogP contribution in [0, 0.1) is 17.8 Å². The summed E-state index contributed by atoms with van der Waals surface area (Å²) in [6.07, 6.45) is 0.783. The summed E-state index contributed by atoms with van der Waals surface area (Å²) >= 11 is 0. The normalized spacial score (nSPS) is 25.3. The molecule has 0 saturated carbocycles. The molecule has 1 amide bonds. The molecule has 0 aliphatic carbocycles. The molecular weight excluding hydrogens is 332 g/mol. The number of likely N-dealkylation sites (tertiary alicyclic amines) is 1. The van der Waals surface area contributed by atoms with E-state index < -0.39 is 0 Å². The Morgan fingerprint density at radius 2 is 1.96 bits per heavy atom. The summed E-state index contributed by atoms with van der Waals surface area (Å²) in [5.41, 5.74) is 0.387. The molecule has 7 nitrogen and oxygen atoms in total. The Balaban J connectivity index is 1.59. The van der Waals surface area contributed by atoms with E-state index in [1.807, 2.05) is 4.90 Å². The van der Waals surface area contributed by atoms with Crippen molar-refractivity contribution < 1.29 is 14.4 Å². The maximum atomic E-state index is 12.8. The van der Waals surface area contributed by atoms with E-state index in [0.717, 1.165) is 44.9 Å². The molecule has 3 rings (SSSR count). The van der Waals surface area contributed by atoms with Gasteiger partial charge in [-0.1, -0.05) is 19.0 Å². The van der Waals surface area contributed by atoms with Gasteiger partial charge in [0, 0.05) is 70.8 Å². The SMILES string of the molecule is CC(C)Cc1cc(C(=O)N2C[C@@H](CN3CCN(C)CC3)[C@@H](CO)C2)no1. The summed E-state index contributed by atoms with van der Waals surface area (Å²) in [7, 11) is 2.15. The predicted octanol–water partition coefficient (Wildman–Crippen LogP) is 0.801. The van der Waals surface area contributed by atoms with Crippen LogP contribution in [-0.2, 0) is 6.42 Å². The third-order valence-electron chi connectivity index (χ3n) is 5.57. The van der Waals surface area contributed by atoms with Crippen LogP contribution in [0.25, 0.3) is 0 Å². The predicted molar refractivity (Wildman–Crippen MR) is 99.0 cm³/mol. The molecule has 2 fully saturated rings. The molecule has 1 aromatic rings. The van der Waals surface area contributed by atoms with Crippen LogP contribution in [0.5, 0.6) is 0 Å². The van der Waals surface area contributed by atoms with Gasteiger partial charge in [-0.2, -0.15) is 0 Å². The lowest BCUT2D eigenvalue weighted by Gasteiger charge is -2.34. The van der Waals surface area contributed by atoms with Gasteiger partial charge in [0.05, 0.1) is 0 Å². The number of carbonyl (C=O) groups excluding carboxylic acids is 1. The highest BCUT2D eigenvalue weighted by atomic mass is 16.5. The molecule has 2 saturated heterocycles. The lowest BCUT2D eigenvalue weighted by Crippen LogP contribution is -2.47. The monoisotopic (exact) mass is 364 g/mol. The van der Waals surface area contributed by atoms with Crippen LogP contribution in [0.4, 0.5) is 0 Å². The average molecular weight is 364 g/mol. The van der Waals surface area contributed by atoms with Crippen molar-refractivity contribution >= 4 is 5.91 Å². The summed E-state index contributed by atoms with van der Waals surface area (Å²) < 4.78 is 5.31. The number of rotatable bonds is 6. The highest BCUT2D eigenvalue weighted by Gasteiger charge is 2.37. The second-order valence-corrected chi connectivity index (χ2v) is 8.29. The van der Waals surface area contributed by atoms with Gasteiger partial charge in [-0.3, -0.25) is 4.79 Å². The van der Waals surface area contributed by atoms with Gasteiger partial charge in [0.15, 0.2) is 5.69 Å². The molecular formula is C19H32N4O3. The van der Waals surface area contributed by atoms with Crippen LogP contribution < -0.4 is 0 Å². The number of hydrogen-bond donors (Lipinski definition) is 1. The number of likely N-dealkylation sites (N-methyl/N-ethyl adjacent to an activating group) is 1. The van der Waals surface area contributed by atoms with Gasteiger partial charge in [0.2, 0.25) is 0 Å². The molecule has 0 aromatic carbocycles. The first kappa shape index (κ1) is 19.3. The zero-order valence-corrected chi connectivity index (χ0v) is 16.2. The van der Waals surface area contributed by atoms with Crippen LogP contribution in [0.3, 0.4) is 0 Å². The maximum absolute atomic E-state index is 12.8. The molecule has 0 bridgehead atoms. The second kappa shape index (κ2) is 8.50. The Bertz CT molecular complexity index is 595. The lowest BCUT2D eigenvalue weighted by atomic mass is 9.96. The van der Waals surface area contributed by atoms with E-state index in [4.69, 9.17) is 4.52 Å². The van der Waals surface area contributed by atoms with Gasteiger partial charge >= 0.3 is 0 Å². The Hall–Kier alpha value is -1.44. The van der Waals surface area contributed by atoms with Crippen LogP contribution in [0.15, 0.2) is 10.6 Å². The van der Waals surface area contributed by atoms with Gasteiger partial charge < -0.3 is 24.3 Å². The molecule has 1 aromatic heterocycles. The van der Waals surface area contributed by atoms with Gasteiger partial charge in [0.25, 0.3) is 5.91 Å². The van der Waals surface area contributed by atoms with E-state index in [9.17, 15) is 9.90 Å². The van der Waals surface area contributed by atoms with Gasteiger partial charge in [0.1, 0.15) is 5.76 Å². The third kappa shape index (κ3) is 4.64. The first-order chi connectivity index (χ1) is 12.5. The van der Waals surface area contributed by atoms with E-state index in [1.165, 1.54) is 0 Å². The number of aromatic nitrogens is 1. The molecule has 2 aliphatic heterocycles. The summed E-state index contributed by atoms with van der Waals surface area (Å²) in [5.74, 6) is 1.60. The first-order valence-electron chi connectivity index (χ1n) is 9.73. The number of carbonyl (C=O) groups is 1. The number of hydrogen-bond acceptors (Lipinski definition) is 6. The molecule has 2 aliphatic rings. The minimum atomic E-state index is -0.0805. The number of nitrogens with zero attached hydrogens (tertiary/aromatic N) is 4. The van der Waals surface area contributed by atoms with Gasteiger partial charge in [-0.15, -0.1) is 0 Å². The highest BCUT2D eigenvalue weighted by Crippen LogP contribution is 2.26. The van der Waals surface area contributed by atoms with E-state index in [0.29, 0.717) is 30.6 Å². The van der Waals surface area contributed by atoms with E-state index in [2.05, 4.69) is 35.9 Å². The summed E-state index contributed by atoms with van der Waals surface area (Å²) in [6, 6.07) is 1.77. The molecule has 1 N–H and O–H groups in total. The van der Waals surface area contributed by atoms with Crippen molar-refractivity contribution in [1.29, 1.82) is 0 Å². The first-order valence-corrected chi connectivity index (χ1v) is 9.73. The highest BCUT2D eigenvalue weighted by molar-refractivity contribution is 5.92. The van der Waals surface area contributed by atoms with Crippen molar-refractivity contribution in [2.75, 3.05) is 59.5 Å². The van der Waals surface area contributed by atoms with E-state index >= 15 is 0 Å².